The van der Waals surface area contributed by atoms with E-state index in [1.165, 1.54) is 0 Å². The van der Waals surface area contributed by atoms with Crippen molar-refractivity contribution in [3.8, 4) is 0 Å². The van der Waals surface area contributed by atoms with E-state index in [4.69, 9.17) is 5.11 Å². The number of anilines is 1. The van der Waals surface area contributed by atoms with Crippen molar-refractivity contribution in [2.24, 2.45) is 0 Å². The number of benzene rings is 1. The fourth-order valence-electron chi connectivity index (χ4n) is 1.41. The second-order valence-electron chi connectivity index (χ2n) is 3.88. The van der Waals surface area contributed by atoms with E-state index < -0.39 is 5.97 Å². The summed E-state index contributed by atoms with van der Waals surface area (Å²) >= 11 is 0. The Morgan fingerprint density at radius 3 is 2.26 bits per heavy atom. The van der Waals surface area contributed by atoms with Gasteiger partial charge in [-0.25, -0.2) is 0 Å². The molecule has 0 bridgehead atoms. The van der Waals surface area contributed by atoms with Gasteiger partial charge in [0.15, 0.2) is 0 Å². The summed E-state index contributed by atoms with van der Waals surface area (Å²) in [6.07, 6.45) is -0.282. The molecule has 6 nitrogen and oxygen atoms in total. The molecule has 3 N–H and O–H groups in total. The molecular weight excluding hydrogens is 248 g/mol. The SMILES string of the molecule is CCNC(=O)c1ccc(NC(=O)CCC(=O)O)cc1. The van der Waals surface area contributed by atoms with Gasteiger partial charge in [0.05, 0.1) is 6.42 Å². The number of nitrogens with one attached hydrogen (secondary N) is 2. The number of amides is 2. The second-order valence-corrected chi connectivity index (χ2v) is 3.88. The smallest absolute Gasteiger partial charge is 0.303 e. The van der Waals surface area contributed by atoms with Crippen molar-refractivity contribution in [2.75, 3.05) is 11.9 Å². The van der Waals surface area contributed by atoms with Crippen molar-refractivity contribution in [2.45, 2.75) is 19.8 Å². The van der Waals surface area contributed by atoms with Crippen molar-refractivity contribution in [1.29, 1.82) is 0 Å². The molecule has 0 radical (unpaired) electrons. The topological polar surface area (TPSA) is 95.5 Å². The van der Waals surface area contributed by atoms with Crippen LogP contribution in [0.5, 0.6) is 0 Å². The third-order valence-electron chi connectivity index (χ3n) is 2.33. The first-order chi connectivity index (χ1) is 9.02. The van der Waals surface area contributed by atoms with Gasteiger partial charge in [-0.1, -0.05) is 0 Å². The van der Waals surface area contributed by atoms with E-state index in [0.717, 1.165) is 0 Å². The van der Waals surface area contributed by atoms with Crippen molar-refractivity contribution in [3.63, 3.8) is 0 Å². The second kappa shape index (κ2) is 7.15. The summed E-state index contributed by atoms with van der Waals surface area (Å²) in [6, 6.07) is 6.39. The van der Waals surface area contributed by atoms with Crippen LogP contribution in [0.15, 0.2) is 24.3 Å². The van der Waals surface area contributed by atoms with Crippen LogP contribution in [0.2, 0.25) is 0 Å². The van der Waals surface area contributed by atoms with E-state index in [2.05, 4.69) is 10.6 Å². The monoisotopic (exact) mass is 264 g/mol. The summed E-state index contributed by atoms with van der Waals surface area (Å²) in [6.45, 7) is 2.38. The lowest BCUT2D eigenvalue weighted by molar-refractivity contribution is -0.138. The molecular formula is C13H16N2O4. The highest BCUT2D eigenvalue weighted by atomic mass is 16.4. The number of carboxylic acids is 1. The van der Waals surface area contributed by atoms with Gasteiger partial charge in [-0.05, 0) is 31.2 Å². The van der Waals surface area contributed by atoms with E-state index in [0.29, 0.717) is 17.8 Å². The molecule has 6 heteroatoms. The molecule has 0 heterocycles. The molecule has 0 saturated carbocycles. The Balaban J connectivity index is 2.54. The van der Waals surface area contributed by atoms with Crippen LogP contribution in [0.4, 0.5) is 5.69 Å². The maximum absolute atomic E-state index is 11.5. The summed E-state index contributed by atoms with van der Waals surface area (Å²) < 4.78 is 0. The fourth-order valence-corrected chi connectivity index (χ4v) is 1.41. The molecule has 0 spiro atoms. The Kier molecular flexibility index (Phi) is 5.53. The number of hydrogen-bond acceptors (Lipinski definition) is 3. The minimum absolute atomic E-state index is 0.0760. The number of hydrogen-bond donors (Lipinski definition) is 3. The first-order valence-electron chi connectivity index (χ1n) is 5.93. The summed E-state index contributed by atoms with van der Waals surface area (Å²) in [7, 11) is 0. The van der Waals surface area contributed by atoms with Crippen LogP contribution in [-0.2, 0) is 9.59 Å². The summed E-state index contributed by atoms with van der Waals surface area (Å²) in [5.41, 5.74) is 1.04. The Bertz CT molecular complexity index is 468. The molecule has 1 aromatic rings. The summed E-state index contributed by atoms with van der Waals surface area (Å²) in [5.74, 6) is -1.55. The van der Waals surface area contributed by atoms with Crippen LogP contribution in [0.1, 0.15) is 30.1 Å². The van der Waals surface area contributed by atoms with Crippen LogP contribution in [0, 0.1) is 0 Å². The Morgan fingerprint density at radius 2 is 1.74 bits per heavy atom. The lowest BCUT2D eigenvalue weighted by atomic mass is 10.2. The molecule has 102 valence electrons. The normalized spacial score (nSPS) is 9.74. The largest absolute Gasteiger partial charge is 0.481 e. The van der Waals surface area contributed by atoms with Crippen LogP contribution >= 0.6 is 0 Å². The van der Waals surface area contributed by atoms with Crippen molar-refractivity contribution >= 4 is 23.5 Å². The molecule has 0 aromatic heterocycles. The van der Waals surface area contributed by atoms with E-state index >= 15 is 0 Å². The number of carbonyl (C=O) groups excluding carboxylic acids is 2. The lowest BCUT2D eigenvalue weighted by Crippen LogP contribution is -2.22. The van der Waals surface area contributed by atoms with E-state index in [1.807, 2.05) is 6.92 Å². The van der Waals surface area contributed by atoms with Gasteiger partial charge in [-0.15, -0.1) is 0 Å². The molecule has 1 aromatic carbocycles. The number of aliphatic carboxylic acids is 1. The molecule has 0 fully saturated rings. The van der Waals surface area contributed by atoms with E-state index in [-0.39, 0.29) is 24.7 Å². The third kappa shape index (κ3) is 5.20. The minimum atomic E-state index is -1.01. The average Bonchev–Trinajstić information content (AvgIpc) is 2.37. The standard InChI is InChI=1S/C13H16N2O4/c1-2-14-13(19)9-3-5-10(6-4-9)15-11(16)7-8-12(17)18/h3-6H,2,7-8H2,1H3,(H,14,19)(H,15,16)(H,17,18). The third-order valence-corrected chi connectivity index (χ3v) is 2.33. The predicted molar refractivity (Wildman–Crippen MR) is 69.9 cm³/mol. The zero-order valence-electron chi connectivity index (χ0n) is 10.6. The summed E-state index contributed by atoms with van der Waals surface area (Å²) in [5, 5.41) is 13.7. The molecule has 0 saturated heterocycles. The van der Waals surface area contributed by atoms with Gasteiger partial charge in [-0.2, -0.15) is 0 Å². The first-order valence-corrected chi connectivity index (χ1v) is 5.93. The van der Waals surface area contributed by atoms with Crippen LogP contribution in [0.25, 0.3) is 0 Å². The maximum atomic E-state index is 11.5. The molecule has 0 aliphatic heterocycles. The number of carbonyl (C=O) groups is 3. The Morgan fingerprint density at radius 1 is 1.11 bits per heavy atom. The van der Waals surface area contributed by atoms with Gasteiger partial charge in [0, 0.05) is 24.2 Å². The van der Waals surface area contributed by atoms with Gasteiger partial charge < -0.3 is 15.7 Å². The quantitative estimate of drug-likeness (QED) is 0.720. The van der Waals surface area contributed by atoms with Crippen LogP contribution in [-0.4, -0.2) is 29.4 Å². The zero-order valence-corrected chi connectivity index (χ0v) is 10.6. The molecule has 2 amide bonds. The van der Waals surface area contributed by atoms with Crippen LogP contribution in [0.3, 0.4) is 0 Å². The number of rotatable bonds is 6. The highest BCUT2D eigenvalue weighted by Gasteiger charge is 2.07. The first kappa shape index (κ1) is 14.7. The van der Waals surface area contributed by atoms with Gasteiger partial charge in [0.1, 0.15) is 0 Å². The summed E-state index contributed by atoms with van der Waals surface area (Å²) in [4.78, 5) is 33.2. The Hall–Kier alpha value is -2.37. The van der Waals surface area contributed by atoms with Gasteiger partial charge in [0.25, 0.3) is 5.91 Å². The molecule has 0 aliphatic carbocycles. The fraction of sp³-hybridized carbons (Fsp3) is 0.308. The molecule has 0 unspecified atom stereocenters. The van der Waals surface area contributed by atoms with Crippen LogP contribution < -0.4 is 10.6 Å². The predicted octanol–water partition coefficient (Wildman–Crippen LogP) is 1.24. The van der Waals surface area contributed by atoms with Gasteiger partial charge in [-0.3, -0.25) is 14.4 Å². The average molecular weight is 264 g/mol. The van der Waals surface area contributed by atoms with Crippen molar-refractivity contribution in [3.05, 3.63) is 29.8 Å². The highest BCUT2D eigenvalue weighted by molar-refractivity contribution is 5.96. The molecule has 0 aliphatic rings. The molecule has 19 heavy (non-hydrogen) atoms. The molecule has 0 atom stereocenters. The lowest BCUT2D eigenvalue weighted by Gasteiger charge is -2.06. The van der Waals surface area contributed by atoms with Gasteiger partial charge in [0.2, 0.25) is 5.91 Å². The highest BCUT2D eigenvalue weighted by Crippen LogP contribution is 2.10. The van der Waals surface area contributed by atoms with E-state index in [9.17, 15) is 14.4 Å². The van der Waals surface area contributed by atoms with E-state index in [1.54, 1.807) is 24.3 Å². The number of carboxylic acid groups (broad SMARTS) is 1. The zero-order chi connectivity index (χ0) is 14.3. The molecule has 1 rings (SSSR count). The van der Waals surface area contributed by atoms with Gasteiger partial charge >= 0.3 is 5.97 Å². The van der Waals surface area contributed by atoms with Crippen molar-refractivity contribution in [1.82, 2.24) is 5.32 Å². The maximum Gasteiger partial charge on any atom is 0.303 e. The Labute approximate surface area is 110 Å². The van der Waals surface area contributed by atoms with Crippen molar-refractivity contribution < 1.29 is 19.5 Å². The minimum Gasteiger partial charge on any atom is -0.481 e.